The first-order valence-electron chi connectivity index (χ1n) is 19.4. The first-order chi connectivity index (χ1) is 27.9. The van der Waals surface area contributed by atoms with E-state index in [4.69, 9.17) is 28.5 Å². The van der Waals surface area contributed by atoms with Crippen LogP contribution >= 0.6 is 8.53 Å². The summed E-state index contributed by atoms with van der Waals surface area (Å²) in [6, 6.07) is 33.5. The smallest absolute Gasteiger partial charge is 0.264 e. The molecule has 2 aromatic heterocycles. The van der Waals surface area contributed by atoms with Gasteiger partial charge in [0.2, 0.25) is 11.8 Å². The molecule has 5 aromatic rings. The number of aromatic nitrogens is 4. The number of hydrogen-bond donors (Lipinski definition) is 1. The minimum atomic E-state index is -2.24. The average molecular weight is 810 g/mol. The van der Waals surface area contributed by atoms with E-state index in [1.807, 2.05) is 19.1 Å². The molecule has 8 rings (SSSR count). The number of carbonyl (C=O) groups is 1. The summed E-state index contributed by atoms with van der Waals surface area (Å²) >= 11 is 0. The van der Waals surface area contributed by atoms with Crippen LogP contribution in [0.15, 0.2) is 97.3 Å². The molecular weight excluding hydrogens is 765 g/mol. The summed E-state index contributed by atoms with van der Waals surface area (Å²) in [7, 11) is -3.80. The Morgan fingerprint density at radius 2 is 1.72 bits per heavy atom. The largest absolute Gasteiger partial charge is 0.484 e. The fourth-order valence-electron chi connectivity index (χ4n) is 8.01. The maximum atomic E-state index is 17.0. The third kappa shape index (κ3) is 8.16. The fraction of sp³-hybridized carbons (Fsp3) is 0.390. The van der Waals surface area contributed by atoms with E-state index in [2.05, 4.69) is 92.1 Å². The summed E-state index contributed by atoms with van der Waals surface area (Å²) < 4.78 is 52.1. The lowest BCUT2D eigenvalue weighted by molar-refractivity contribution is -0.118. The van der Waals surface area contributed by atoms with E-state index in [0.717, 1.165) is 25.4 Å². The van der Waals surface area contributed by atoms with E-state index in [1.54, 1.807) is 24.3 Å². The number of amides is 1. The first kappa shape index (κ1) is 39.0. The standard InChI is InChI=1S/C41H45FN7O6PSi/c1-3-32-37(55-56-49-23-13-21-31(49)33(54-56)26-57(2,29-17-9-5-10-18-29)30-19-11-6-12-20-30)35(42)40(53-32)48-27-44-36-38(48)46-41(47-39(36)51-24-14-22-43)45-34(50)25-52-28-15-7-4-8-16-28/h4-12,15-20,27,31-33,35,37,40H,3,13-14,21,23-26H2,1-2H3,(H,45,46,47,50)/t31-,32+,33+,35?,37-,40+,56-/m0/s1. The summed E-state index contributed by atoms with van der Waals surface area (Å²) in [5.74, 6) is -0.0455. The monoisotopic (exact) mass is 809 g/mol. The van der Waals surface area contributed by atoms with Crippen LogP contribution in [0.2, 0.25) is 12.6 Å². The first-order valence-corrected chi connectivity index (χ1v) is 23.2. The molecule has 1 amide bonds. The molecule has 3 aromatic carbocycles. The number of halogens is 1. The summed E-state index contributed by atoms with van der Waals surface area (Å²) in [4.78, 5) is 26.3. The van der Waals surface area contributed by atoms with Gasteiger partial charge in [-0.25, -0.2) is 14.0 Å². The zero-order valence-corrected chi connectivity index (χ0v) is 33.7. The number of nitrogens with one attached hydrogen (secondary N) is 1. The Morgan fingerprint density at radius 1 is 1.02 bits per heavy atom. The van der Waals surface area contributed by atoms with Crippen molar-refractivity contribution >= 4 is 50.0 Å². The number of carbonyl (C=O) groups excluding carboxylic acids is 1. The normalized spacial score (nSPS) is 24.6. The van der Waals surface area contributed by atoms with Gasteiger partial charge >= 0.3 is 0 Å². The van der Waals surface area contributed by atoms with E-state index in [0.29, 0.717) is 12.2 Å². The second-order valence-corrected chi connectivity index (χ2v) is 20.2. The van der Waals surface area contributed by atoms with Gasteiger partial charge in [-0.3, -0.25) is 14.7 Å². The highest BCUT2D eigenvalue weighted by molar-refractivity contribution is 7.45. The van der Waals surface area contributed by atoms with Gasteiger partial charge < -0.3 is 23.3 Å². The Bertz CT molecular complexity index is 2150. The number of imidazole rings is 1. The predicted octanol–water partition coefficient (Wildman–Crippen LogP) is 6.15. The zero-order chi connectivity index (χ0) is 39.4. The molecule has 0 radical (unpaired) electrons. The Balaban J connectivity index is 1.02. The van der Waals surface area contributed by atoms with Crippen LogP contribution in [0.3, 0.4) is 0 Å². The number of anilines is 1. The number of ether oxygens (including phenoxy) is 3. The number of fused-ring (bicyclic) bond motifs is 2. The molecule has 3 fully saturated rings. The molecule has 16 heteroatoms. The van der Waals surface area contributed by atoms with Crippen LogP contribution in [0.5, 0.6) is 11.6 Å². The highest BCUT2D eigenvalue weighted by Crippen LogP contribution is 2.59. The maximum Gasteiger partial charge on any atom is 0.264 e. The second-order valence-electron chi connectivity index (χ2n) is 14.6. The van der Waals surface area contributed by atoms with Crippen LogP contribution in [-0.4, -0.2) is 88.5 Å². The number of alkyl halides is 1. The SMILES string of the molecule is CC[C@H]1O[C@@H](n2cnc3c(OCCC#N)nc(NC(=O)COc4ccccc4)nc32)C(F)[C@H]1O[P@]1O[C@H](C[Si](C)(c2ccccc2)c2ccccc2)[C@@H]2CCCN21. The summed E-state index contributed by atoms with van der Waals surface area (Å²) in [6.07, 6.45) is -0.274. The molecule has 7 atom stereocenters. The van der Waals surface area contributed by atoms with Crippen LogP contribution in [0.4, 0.5) is 10.3 Å². The van der Waals surface area contributed by atoms with Crippen LogP contribution in [0, 0.1) is 11.3 Å². The topological polar surface area (TPSA) is 146 Å². The third-order valence-electron chi connectivity index (χ3n) is 10.9. The number of nitriles is 1. The van der Waals surface area contributed by atoms with E-state index in [1.165, 1.54) is 21.3 Å². The van der Waals surface area contributed by atoms with Crippen molar-refractivity contribution in [2.45, 2.75) is 82.0 Å². The van der Waals surface area contributed by atoms with E-state index < -0.39 is 47.1 Å². The molecule has 1 N–H and O–H groups in total. The van der Waals surface area contributed by atoms with Gasteiger partial charge in [-0.05, 0) is 37.4 Å². The average Bonchev–Trinajstić information content (AvgIpc) is 4.03. The maximum absolute atomic E-state index is 17.0. The van der Waals surface area contributed by atoms with Gasteiger partial charge in [-0.1, -0.05) is 103 Å². The van der Waals surface area contributed by atoms with Crippen molar-refractivity contribution in [3.63, 3.8) is 0 Å². The number of para-hydroxylation sites is 1. The van der Waals surface area contributed by atoms with Gasteiger partial charge in [0, 0.05) is 12.6 Å². The molecular formula is C41H45FN7O6PSi. The third-order valence-corrected chi connectivity index (χ3v) is 17.2. The number of benzene rings is 3. The van der Waals surface area contributed by atoms with Crippen molar-refractivity contribution in [3.8, 4) is 17.7 Å². The van der Waals surface area contributed by atoms with Gasteiger partial charge in [-0.15, -0.1) is 0 Å². The minimum Gasteiger partial charge on any atom is -0.484 e. The molecule has 0 spiro atoms. The number of rotatable bonds is 15. The zero-order valence-electron chi connectivity index (χ0n) is 31.8. The van der Waals surface area contributed by atoms with Crippen LogP contribution in [0.1, 0.15) is 38.8 Å². The van der Waals surface area contributed by atoms with Crippen molar-refractivity contribution in [1.29, 1.82) is 5.26 Å². The molecule has 0 aliphatic carbocycles. The van der Waals surface area contributed by atoms with Crippen LogP contribution in [-0.2, 0) is 18.6 Å². The fourth-order valence-corrected chi connectivity index (χ4v) is 14.0. The predicted molar refractivity (Wildman–Crippen MR) is 216 cm³/mol. The Labute approximate surface area is 333 Å². The summed E-state index contributed by atoms with van der Waals surface area (Å²) in [6.45, 7) is 4.91. The van der Waals surface area contributed by atoms with Gasteiger partial charge in [-0.2, -0.15) is 15.2 Å². The molecule has 13 nitrogen and oxygen atoms in total. The second kappa shape index (κ2) is 17.4. The van der Waals surface area contributed by atoms with Crippen LogP contribution in [0.25, 0.3) is 11.2 Å². The van der Waals surface area contributed by atoms with E-state index in [-0.39, 0.29) is 54.8 Å². The Hall–Kier alpha value is -4.81. The molecule has 3 aliphatic rings. The highest BCUT2D eigenvalue weighted by atomic mass is 31.2. The lowest BCUT2D eigenvalue weighted by Crippen LogP contribution is -2.58. The van der Waals surface area contributed by atoms with Crippen molar-refractivity contribution in [3.05, 3.63) is 97.3 Å². The molecule has 0 saturated carbocycles. The Morgan fingerprint density at radius 3 is 2.40 bits per heavy atom. The number of nitrogens with zero attached hydrogens (tertiary/aromatic N) is 6. The summed E-state index contributed by atoms with van der Waals surface area (Å²) in [5.41, 5.74) is 0.419. The number of hydrogen-bond acceptors (Lipinski definition) is 11. The van der Waals surface area contributed by atoms with E-state index >= 15 is 4.39 Å². The molecule has 296 valence electrons. The van der Waals surface area contributed by atoms with E-state index in [9.17, 15) is 4.79 Å². The molecule has 3 aliphatic heterocycles. The van der Waals surface area contributed by atoms with Crippen molar-refractivity contribution in [2.24, 2.45) is 0 Å². The lowest BCUT2D eigenvalue weighted by Gasteiger charge is -2.32. The van der Waals surface area contributed by atoms with Gasteiger partial charge in [0.05, 0.1) is 31.0 Å². The Kier molecular flexibility index (Phi) is 11.9. The minimum absolute atomic E-state index is 0.0276. The summed E-state index contributed by atoms with van der Waals surface area (Å²) in [5, 5.41) is 14.5. The van der Waals surface area contributed by atoms with Gasteiger partial charge in [0.25, 0.3) is 14.4 Å². The van der Waals surface area contributed by atoms with Gasteiger partial charge in [0.15, 0.2) is 30.2 Å². The van der Waals surface area contributed by atoms with Gasteiger partial charge in [0.1, 0.15) is 26.5 Å². The quantitative estimate of drug-likeness (QED) is 0.0739. The molecule has 1 unspecified atom stereocenters. The van der Waals surface area contributed by atoms with Crippen molar-refractivity contribution in [2.75, 3.05) is 25.1 Å². The highest BCUT2D eigenvalue weighted by Gasteiger charge is 2.54. The van der Waals surface area contributed by atoms with Crippen LogP contribution < -0.4 is 25.2 Å². The lowest BCUT2D eigenvalue weighted by atomic mass is 10.1. The molecule has 57 heavy (non-hydrogen) atoms. The molecule has 3 saturated heterocycles. The molecule has 0 bridgehead atoms. The van der Waals surface area contributed by atoms with Crippen molar-refractivity contribution in [1.82, 2.24) is 24.2 Å². The molecule has 5 heterocycles. The van der Waals surface area contributed by atoms with Crippen molar-refractivity contribution < 1.29 is 32.4 Å².